The average Bonchev–Trinajstić information content (AvgIpc) is 3.40. The van der Waals surface area contributed by atoms with Crippen molar-refractivity contribution < 1.29 is 4.42 Å². The first-order chi connectivity index (χ1) is 18.1. The molecule has 0 aliphatic heterocycles. The minimum atomic E-state index is 0.0274. The fraction of sp³-hybridized carbons (Fsp3) is 0.286. The molecule has 3 heterocycles. The van der Waals surface area contributed by atoms with E-state index in [9.17, 15) is 0 Å². The molecule has 0 fully saturated rings. The Morgan fingerprint density at radius 2 is 1.63 bits per heavy atom. The van der Waals surface area contributed by atoms with E-state index in [2.05, 4.69) is 115 Å². The Hall–Kier alpha value is -3.43. The van der Waals surface area contributed by atoms with Gasteiger partial charge in [-0.05, 0) is 94.6 Å². The molecular formula is C35H35NOS. The first-order valence-corrected chi connectivity index (χ1v) is 14.4. The number of pyridine rings is 1. The van der Waals surface area contributed by atoms with Gasteiger partial charge in [-0.25, -0.2) is 4.98 Å². The Bertz CT molecular complexity index is 1830. The average molecular weight is 518 g/mol. The van der Waals surface area contributed by atoms with Gasteiger partial charge in [0, 0.05) is 27.6 Å². The largest absolute Gasteiger partial charge is 0.461 e. The van der Waals surface area contributed by atoms with E-state index in [1.54, 1.807) is 11.3 Å². The number of thiophene rings is 1. The fourth-order valence-electron chi connectivity index (χ4n) is 5.60. The summed E-state index contributed by atoms with van der Waals surface area (Å²) in [5, 5.41) is 5.00. The molecule has 3 heteroatoms. The second kappa shape index (κ2) is 9.10. The van der Waals surface area contributed by atoms with Crippen molar-refractivity contribution in [3.8, 4) is 22.4 Å². The van der Waals surface area contributed by atoms with Gasteiger partial charge in [0.15, 0.2) is 0 Å². The molecule has 0 aliphatic rings. The molecule has 6 rings (SSSR count). The van der Waals surface area contributed by atoms with E-state index in [1.807, 2.05) is 0 Å². The molecule has 0 saturated heterocycles. The molecule has 0 bridgehead atoms. The summed E-state index contributed by atoms with van der Waals surface area (Å²) in [5.74, 6) is 1.66. The molecule has 0 amide bonds. The molecule has 0 N–H and O–H groups in total. The first kappa shape index (κ1) is 24.9. The van der Waals surface area contributed by atoms with Gasteiger partial charge >= 0.3 is 0 Å². The third-order valence-corrected chi connectivity index (χ3v) is 8.48. The number of nitrogens with zero attached hydrogens (tertiary/aromatic N) is 1. The summed E-state index contributed by atoms with van der Waals surface area (Å²) in [4.78, 5) is 7.56. The van der Waals surface area contributed by atoms with Crippen molar-refractivity contribution in [2.24, 2.45) is 5.92 Å². The lowest BCUT2D eigenvalue weighted by molar-refractivity contribution is 0.496. The van der Waals surface area contributed by atoms with Crippen LogP contribution in [0.4, 0.5) is 0 Å². The van der Waals surface area contributed by atoms with Crippen LogP contribution >= 0.6 is 11.3 Å². The number of aromatic nitrogens is 1. The van der Waals surface area contributed by atoms with Gasteiger partial charge in [0.05, 0.1) is 5.69 Å². The predicted octanol–water partition coefficient (Wildman–Crippen LogP) is 10.6. The summed E-state index contributed by atoms with van der Waals surface area (Å²) in [6.07, 6.45) is 0.960. The number of benzene rings is 3. The molecule has 38 heavy (non-hydrogen) atoms. The zero-order chi connectivity index (χ0) is 26.8. The molecule has 0 saturated carbocycles. The van der Waals surface area contributed by atoms with Crippen LogP contribution in [0.2, 0.25) is 0 Å². The van der Waals surface area contributed by atoms with Crippen LogP contribution in [0, 0.1) is 19.8 Å². The highest BCUT2D eigenvalue weighted by molar-refractivity contribution is 7.18. The number of fused-ring (bicyclic) bond motifs is 3. The van der Waals surface area contributed by atoms with Gasteiger partial charge in [0.2, 0.25) is 0 Å². The van der Waals surface area contributed by atoms with Crippen LogP contribution < -0.4 is 0 Å². The first-order valence-electron chi connectivity index (χ1n) is 13.6. The number of rotatable bonds is 4. The van der Waals surface area contributed by atoms with E-state index < -0.39 is 0 Å². The van der Waals surface area contributed by atoms with Gasteiger partial charge in [0.25, 0.3) is 0 Å². The smallest absolute Gasteiger partial charge is 0.134 e. The van der Waals surface area contributed by atoms with Gasteiger partial charge in [-0.15, -0.1) is 11.3 Å². The third kappa shape index (κ3) is 4.33. The van der Waals surface area contributed by atoms with Gasteiger partial charge < -0.3 is 4.42 Å². The van der Waals surface area contributed by atoms with Crippen LogP contribution in [0.3, 0.4) is 0 Å². The minimum Gasteiger partial charge on any atom is -0.461 e. The molecule has 3 aromatic carbocycles. The molecule has 0 spiro atoms. The van der Waals surface area contributed by atoms with Crippen molar-refractivity contribution in [3.05, 3.63) is 88.5 Å². The molecule has 0 unspecified atom stereocenters. The topological polar surface area (TPSA) is 26.0 Å². The van der Waals surface area contributed by atoms with Crippen molar-refractivity contribution >= 4 is 43.3 Å². The van der Waals surface area contributed by atoms with Gasteiger partial charge in [-0.2, -0.15) is 0 Å². The van der Waals surface area contributed by atoms with E-state index >= 15 is 0 Å². The summed E-state index contributed by atoms with van der Waals surface area (Å²) < 4.78 is 6.26. The zero-order valence-corrected chi connectivity index (χ0v) is 24.2. The highest BCUT2D eigenvalue weighted by atomic mass is 32.1. The number of hydrogen-bond acceptors (Lipinski definition) is 3. The van der Waals surface area contributed by atoms with Crippen LogP contribution in [0.25, 0.3) is 54.3 Å². The van der Waals surface area contributed by atoms with E-state index in [0.717, 1.165) is 28.3 Å². The lowest BCUT2D eigenvalue weighted by Crippen LogP contribution is -2.12. The molecule has 6 aromatic rings. The maximum Gasteiger partial charge on any atom is 0.134 e. The Morgan fingerprint density at radius 1 is 0.842 bits per heavy atom. The predicted molar refractivity (Wildman–Crippen MR) is 164 cm³/mol. The highest BCUT2D eigenvalue weighted by Gasteiger charge is 2.20. The monoisotopic (exact) mass is 517 g/mol. The number of hydrogen-bond donors (Lipinski definition) is 0. The summed E-state index contributed by atoms with van der Waals surface area (Å²) in [6, 6.07) is 24.6. The van der Waals surface area contributed by atoms with E-state index in [1.165, 1.54) is 54.2 Å². The van der Waals surface area contributed by atoms with E-state index in [4.69, 9.17) is 9.40 Å². The SMILES string of the molecule is Cc1cc2c(-c3ccc4oc(CC(C)C)c(C)c4c3)cc(-c3cc(C(C)(C)C)c4ccccc4c3)nc2s1. The lowest BCUT2D eigenvalue weighted by atomic mass is 9.82. The highest BCUT2D eigenvalue weighted by Crippen LogP contribution is 2.40. The summed E-state index contributed by atoms with van der Waals surface area (Å²) in [6.45, 7) is 15.7. The second-order valence-electron chi connectivity index (χ2n) is 12.1. The van der Waals surface area contributed by atoms with Crippen molar-refractivity contribution in [3.63, 3.8) is 0 Å². The van der Waals surface area contributed by atoms with E-state index in [0.29, 0.717) is 5.92 Å². The van der Waals surface area contributed by atoms with Crippen LogP contribution in [0.5, 0.6) is 0 Å². The lowest BCUT2D eigenvalue weighted by Gasteiger charge is -2.23. The summed E-state index contributed by atoms with van der Waals surface area (Å²) >= 11 is 1.77. The summed E-state index contributed by atoms with van der Waals surface area (Å²) in [7, 11) is 0. The molecule has 192 valence electrons. The second-order valence-corrected chi connectivity index (χ2v) is 13.3. The number of aryl methyl sites for hydroxylation is 2. The normalized spacial score (nSPS) is 12.4. The molecule has 0 aliphatic carbocycles. The molecule has 0 radical (unpaired) electrons. The number of furan rings is 1. The fourth-order valence-corrected chi connectivity index (χ4v) is 6.51. The van der Waals surface area contributed by atoms with Crippen molar-refractivity contribution in [1.82, 2.24) is 4.98 Å². The quantitative estimate of drug-likeness (QED) is 0.232. The third-order valence-electron chi connectivity index (χ3n) is 7.53. The van der Waals surface area contributed by atoms with Gasteiger partial charge in [-0.3, -0.25) is 0 Å². The Kier molecular flexibility index (Phi) is 5.96. The zero-order valence-electron chi connectivity index (χ0n) is 23.4. The van der Waals surface area contributed by atoms with Crippen molar-refractivity contribution in [2.75, 3.05) is 0 Å². The Labute approximate surface area is 229 Å². The van der Waals surface area contributed by atoms with Gasteiger partial charge in [0.1, 0.15) is 16.2 Å². The maximum atomic E-state index is 6.26. The standard InChI is InChI=1S/C35H35NOS/c1-20(2)14-33-22(4)27-17-24(12-13-32(27)37-33)28-19-31(36-34-29(28)15-21(3)38-34)25-16-23-10-8-9-11-26(23)30(18-25)35(5,6)7/h8-13,15-20H,14H2,1-7H3. The molecule has 0 atom stereocenters. The van der Waals surface area contributed by atoms with Crippen LogP contribution in [0.1, 0.15) is 56.4 Å². The van der Waals surface area contributed by atoms with Crippen LogP contribution in [-0.4, -0.2) is 4.98 Å². The van der Waals surface area contributed by atoms with Crippen LogP contribution in [0.15, 0.2) is 71.1 Å². The van der Waals surface area contributed by atoms with Crippen molar-refractivity contribution in [1.29, 1.82) is 0 Å². The Balaban J connectivity index is 1.58. The van der Waals surface area contributed by atoms with E-state index in [-0.39, 0.29) is 5.41 Å². The summed E-state index contributed by atoms with van der Waals surface area (Å²) in [5.41, 5.74) is 8.24. The molecule has 3 aromatic heterocycles. The van der Waals surface area contributed by atoms with Gasteiger partial charge in [-0.1, -0.05) is 65.0 Å². The molecule has 2 nitrogen and oxygen atoms in total. The van der Waals surface area contributed by atoms with Crippen LogP contribution in [-0.2, 0) is 11.8 Å². The maximum absolute atomic E-state index is 6.26. The minimum absolute atomic E-state index is 0.0274. The Morgan fingerprint density at radius 3 is 2.39 bits per heavy atom. The van der Waals surface area contributed by atoms with Crippen molar-refractivity contribution in [2.45, 2.75) is 60.3 Å². The molecular weight excluding hydrogens is 482 g/mol.